The van der Waals surface area contributed by atoms with Gasteiger partial charge in [0.25, 0.3) is 0 Å². The summed E-state index contributed by atoms with van der Waals surface area (Å²) < 4.78 is 10.0. The monoisotopic (exact) mass is 392 g/mol. The normalized spacial score (nSPS) is 10.6. The second-order valence-electron chi connectivity index (χ2n) is 6.04. The maximum absolute atomic E-state index is 12.3. The molecule has 0 saturated carbocycles. The Labute approximate surface area is 159 Å². The third kappa shape index (κ3) is 4.61. The van der Waals surface area contributed by atoms with Crippen LogP contribution in [-0.4, -0.2) is 46.1 Å². The fraction of sp³-hybridized carbons (Fsp3) is 0.316. The minimum absolute atomic E-state index is 0.0462. The summed E-state index contributed by atoms with van der Waals surface area (Å²) in [5, 5.41) is 38.5. The average molecular weight is 392 g/mol. The van der Waals surface area contributed by atoms with Gasteiger partial charge in [0.1, 0.15) is 0 Å². The summed E-state index contributed by atoms with van der Waals surface area (Å²) in [4.78, 5) is 34.6. The summed E-state index contributed by atoms with van der Waals surface area (Å²) in [5.41, 5.74) is -1.10. The molecule has 0 aliphatic rings. The number of rotatable bonds is 8. The highest BCUT2D eigenvalue weighted by atomic mass is 16.5. The molecule has 0 atom stereocenters. The van der Waals surface area contributed by atoms with Gasteiger partial charge in [0.2, 0.25) is 11.2 Å². The van der Waals surface area contributed by atoms with E-state index in [1.54, 1.807) is 0 Å². The number of esters is 1. The summed E-state index contributed by atoms with van der Waals surface area (Å²) in [5.74, 6) is -4.07. The predicted molar refractivity (Wildman–Crippen MR) is 98.2 cm³/mol. The Hall–Kier alpha value is -3.49. The van der Waals surface area contributed by atoms with E-state index in [1.165, 1.54) is 12.1 Å². The topological polar surface area (TPSA) is 151 Å². The number of hydrogen-bond acceptors (Lipinski definition) is 8. The number of aliphatic carboxylic acids is 1. The number of unbranched alkanes of at least 4 members (excludes halogenated alkanes) is 2. The van der Waals surface area contributed by atoms with E-state index >= 15 is 0 Å². The summed E-state index contributed by atoms with van der Waals surface area (Å²) >= 11 is 0. The van der Waals surface area contributed by atoms with Gasteiger partial charge in [-0.05, 0) is 42.8 Å². The fourth-order valence-corrected chi connectivity index (χ4v) is 2.64. The number of carbonyl (C=O) groups is 2. The minimum atomic E-state index is -0.974. The second-order valence-corrected chi connectivity index (χ2v) is 6.04. The van der Waals surface area contributed by atoms with Gasteiger partial charge in [-0.1, -0.05) is 0 Å². The van der Waals surface area contributed by atoms with Gasteiger partial charge in [0, 0.05) is 6.42 Å². The van der Waals surface area contributed by atoms with E-state index in [2.05, 4.69) is 4.74 Å². The molecule has 9 heteroatoms. The van der Waals surface area contributed by atoms with Crippen molar-refractivity contribution in [2.75, 3.05) is 13.7 Å². The summed E-state index contributed by atoms with van der Waals surface area (Å²) in [6.45, 7) is 0.135. The van der Waals surface area contributed by atoms with Crippen LogP contribution in [0.5, 0.6) is 23.0 Å². The quantitative estimate of drug-likeness (QED) is 0.301. The molecule has 0 heterocycles. The molecule has 0 bridgehead atoms. The molecule has 0 fully saturated rings. The van der Waals surface area contributed by atoms with Crippen LogP contribution in [0.25, 0.3) is 10.8 Å². The number of carboxylic acids is 1. The van der Waals surface area contributed by atoms with E-state index in [-0.39, 0.29) is 35.1 Å². The zero-order valence-electron chi connectivity index (χ0n) is 15.1. The van der Waals surface area contributed by atoms with Gasteiger partial charge in [-0.25, -0.2) is 4.79 Å². The Morgan fingerprint density at radius 3 is 2.36 bits per heavy atom. The molecule has 2 aromatic rings. The van der Waals surface area contributed by atoms with E-state index in [9.17, 15) is 29.7 Å². The minimum Gasteiger partial charge on any atom is -0.504 e. The number of ether oxygens (including phenoxy) is 2. The lowest BCUT2D eigenvalue weighted by molar-refractivity contribution is -0.137. The Bertz CT molecular complexity index is 966. The number of phenolic OH excluding ortho intramolecular Hbond substituents is 2. The third-order valence-corrected chi connectivity index (χ3v) is 4.05. The van der Waals surface area contributed by atoms with Gasteiger partial charge in [0.15, 0.2) is 17.2 Å². The van der Waals surface area contributed by atoms with Crippen LogP contribution >= 0.6 is 0 Å². The van der Waals surface area contributed by atoms with Crippen LogP contribution in [0.15, 0.2) is 23.0 Å². The largest absolute Gasteiger partial charge is 0.504 e. The molecule has 0 radical (unpaired) electrons. The molecule has 0 saturated heterocycles. The van der Waals surface area contributed by atoms with Crippen molar-refractivity contribution in [3.63, 3.8) is 0 Å². The molecule has 9 nitrogen and oxygen atoms in total. The molecule has 0 unspecified atom stereocenters. The first-order valence-corrected chi connectivity index (χ1v) is 8.45. The van der Waals surface area contributed by atoms with Crippen molar-refractivity contribution in [1.82, 2.24) is 0 Å². The Kier molecular flexibility index (Phi) is 6.64. The summed E-state index contributed by atoms with van der Waals surface area (Å²) in [6, 6.07) is 3.39. The van der Waals surface area contributed by atoms with Gasteiger partial charge >= 0.3 is 11.9 Å². The first kappa shape index (κ1) is 20.8. The molecule has 0 aliphatic carbocycles. The zero-order chi connectivity index (χ0) is 20.8. The van der Waals surface area contributed by atoms with Crippen molar-refractivity contribution >= 4 is 22.7 Å². The molecular formula is C19H20O9. The van der Waals surface area contributed by atoms with Gasteiger partial charge < -0.3 is 29.9 Å². The molecule has 0 spiro atoms. The standard InChI is InChI=1S/C19H20O9/c1-27-19(26)11-7-10-9-13(28-6-4-2-3-5-14(21)22)17(24)18(25)15(10)16(23)12(20)8-11/h7-9,24-25H,2-6H2,1H3,(H,20,23)(H,21,22). The average Bonchev–Trinajstić information content (AvgIpc) is 2.77. The maximum atomic E-state index is 12.3. The fourth-order valence-electron chi connectivity index (χ4n) is 2.64. The molecule has 0 amide bonds. The van der Waals surface area contributed by atoms with E-state index in [4.69, 9.17) is 9.84 Å². The molecule has 2 aromatic carbocycles. The van der Waals surface area contributed by atoms with Gasteiger partial charge in [-0.2, -0.15) is 0 Å². The highest BCUT2D eigenvalue weighted by molar-refractivity contribution is 5.98. The number of benzene rings is 1. The van der Waals surface area contributed by atoms with Gasteiger partial charge in [-0.3, -0.25) is 9.59 Å². The molecule has 28 heavy (non-hydrogen) atoms. The Morgan fingerprint density at radius 1 is 1.00 bits per heavy atom. The number of phenols is 2. The number of carbonyl (C=O) groups excluding carboxylic acids is 1. The highest BCUT2D eigenvalue weighted by Crippen LogP contribution is 2.41. The van der Waals surface area contributed by atoms with Crippen LogP contribution in [0, 0.1) is 0 Å². The molecule has 0 aliphatic heterocycles. The zero-order valence-corrected chi connectivity index (χ0v) is 15.1. The van der Waals surface area contributed by atoms with Crippen LogP contribution < -0.4 is 10.2 Å². The van der Waals surface area contributed by atoms with Crippen molar-refractivity contribution in [3.8, 4) is 23.0 Å². The van der Waals surface area contributed by atoms with Gasteiger partial charge in [0.05, 0.1) is 24.7 Å². The van der Waals surface area contributed by atoms with E-state index in [0.717, 1.165) is 13.2 Å². The first-order valence-electron chi connectivity index (χ1n) is 8.45. The van der Waals surface area contributed by atoms with Crippen LogP contribution in [0.1, 0.15) is 36.0 Å². The van der Waals surface area contributed by atoms with Crippen LogP contribution in [0.4, 0.5) is 0 Å². The van der Waals surface area contributed by atoms with Crippen LogP contribution in [0.3, 0.4) is 0 Å². The number of aromatic hydroxyl groups is 3. The van der Waals surface area contributed by atoms with Crippen molar-refractivity contribution in [2.24, 2.45) is 0 Å². The first-order chi connectivity index (χ1) is 13.3. The van der Waals surface area contributed by atoms with Crippen molar-refractivity contribution < 1.29 is 39.5 Å². The van der Waals surface area contributed by atoms with Crippen LogP contribution in [-0.2, 0) is 9.53 Å². The van der Waals surface area contributed by atoms with E-state index in [1.807, 2.05) is 0 Å². The highest BCUT2D eigenvalue weighted by Gasteiger charge is 2.19. The number of carboxylic acid groups (broad SMARTS) is 1. The molecule has 4 N–H and O–H groups in total. The summed E-state index contributed by atoms with van der Waals surface area (Å²) in [6.07, 6.45) is 1.62. The SMILES string of the molecule is COC(=O)c1cc(O)c(=O)c2c(O)c(O)c(OCCCCCC(=O)O)cc2c1. The lowest BCUT2D eigenvalue weighted by Gasteiger charge is -2.10. The van der Waals surface area contributed by atoms with E-state index in [0.29, 0.717) is 19.3 Å². The summed E-state index contributed by atoms with van der Waals surface area (Å²) in [7, 11) is 1.13. The molecular weight excluding hydrogens is 372 g/mol. The lowest BCUT2D eigenvalue weighted by atomic mass is 10.1. The lowest BCUT2D eigenvalue weighted by Crippen LogP contribution is -2.01. The molecule has 0 aromatic heterocycles. The third-order valence-electron chi connectivity index (χ3n) is 4.05. The number of hydrogen-bond donors (Lipinski definition) is 4. The number of methoxy groups -OCH3 is 1. The smallest absolute Gasteiger partial charge is 0.338 e. The molecule has 2 rings (SSSR count). The van der Waals surface area contributed by atoms with Crippen molar-refractivity contribution in [1.29, 1.82) is 0 Å². The van der Waals surface area contributed by atoms with Crippen LogP contribution in [0.2, 0.25) is 0 Å². The second kappa shape index (κ2) is 8.94. The predicted octanol–water partition coefficient (Wildman–Crippen LogP) is 2.13. The molecule has 150 valence electrons. The number of fused-ring (bicyclic) bond motifs is 1. The van der Waals surface area contributed by atoms with Gasteiger partial charge in [-0.15, -0.1) is 0 Å². The van der Waals surface area contributed by atoms with E-state index < -0.39 is 34.6 Å². The Morgan fingerprint density at radius 2 is 1.71 bits per heavy atom. The Balaban J connectivity index is 2.37. The van der Waals surface area contributed by atoms with Crippen molar-refractivity contribution in [3.05, 3.63) is 34.0 Å². The maximum Gasteiger partial charge on any atom is 0.338 e. The van der Waals surface area contributed by atoms with Crippen molar-refractivity contribution in [2.45, 2.75) is 25.7 Å².